The van der Waals surface area contributed by atoms with Gasteiger partial charge in [0.2, 0.25) is 0 Å². The number of hydrogen-bond acceptors (Lipinski definition) is 3. The molecule has 0 bridgehead atoms. The Morgan fingerprint density at radius 1 is 1.21 bits per heavy atom. The molecule has 0 spiro atoms. The van der Waals surface area contributed by atoms with E-state index in [2.05, 4.69) is 5.10 Å². The van der Waals surface area contributed by atoms with Crippen LogP contribution in [0.3, 0.4) is 0 Å². The molecule has 2 unspecified atom stereocenters. The highest BCUT2D eigenvalue weighted by atomic mass is 16.3. The van der Waals surface area contributed by atoms with Gasteiger partial charge in [-0.3, -0.25) is 4.68 Å². The first kappa shape index (κ1) is 13.8. The predicted octanol–water partition coefficient (Wildman–Crippen LogP) is 1.85. The van der Waals surface area contributed by atoms with E-state index in [-0.39, 0.29) is 0 Å². The predicted molar refractivity (Wildman–Crippen MR) is 73.8 cm³/mol. The van der Waals surface area contributed by atoms with E-state index in [0.29, 0.717) is 6.42 Å². The van der Waals surface area contributed by atoms with Gasteiger partial charge in [0, 0.05) is 18.7 Å². The molecule has 2 atom stereocenters. The lowest BCUT2D eigenvalue weighted by Crippen LogP contribution is -2.22. The molecule has 2 aromatic rings. The highest BCUT2D eigenvalue weighted by Gasteiger charge is 2.20. The van der Waals surface area contributed by atoms with Crippen molar-refractivity contribution in [2.45, 2.75) is 39.0 Å². The maximum absolute atomic E-state index is 10.2. The molecule has 0 saturated heterocycles. The number of aliphatic hydroxyl groups is 2. The second-order valence-corrected chi connectivity index (χ2v) is 4.72. The average Bonchev–Trinajstić information content (AvgIpc) is 2.78. The molecule has 1 aromatic carbocycles. The van der Waals surface area contributed by atoms with Crippen molar-refractivity contribution < 1.29 is 10.2 Å². The van der Waals surface area contributed by atoms with Crippen molar-refractivity contribution in [2.75, 3.05) is 0 Å². The molecule has 0 aliphatic carbocycles. The SMILES string of the molecule is CCn1nc(C)cc1CC(O)C(O)c1ccccc1. The lowest BCUT2D eigenvalue weighted by atomic mass is 10.0. The van der Waals surface area contributed by atoms with Crippen LogP contribution < -0.4 is 0 Å². The first-order valence-corrected chi connectivity index (χ1v) is 6.56. The molecule has 2 N–H and O–H groups in total. The molecular weight excluding hydrogens is 240 g/mol. The zero-order valence-electron chi connectivity index (χ0n) is 11.3. The topological polar surface area (TPSA) is 58.3 Å². The average molecular weight is 260 g/mol. The summed E-state index contributed by atoms with van der Waals surface area (Å²) in [6, 6.07) is 11.2. The van der Waals surface area contributed by atoms with E-state index in [4.69, 9.17) is 0 Å². The Hall–Kier alpha value is -1.65. The van der Waals surface area contributed by atoms with Crippen molar-refractivity contribution in [3.05, 3.63) is 53.3 Å². The summed E-state index contributed by atoms with van der Waals surface area (Å²) in [6.45, 7) is 4.70. The van der Waals surface area contributed by atoms with E-state index >= 15 is 0 Å². The van der Waals surface area contributed by atoms with Crippen LogP contribution in [0.5, 0.6) is 0 Å². The number of hydrogen-bond donors (Lipinski definition) is 2. The number of aromatic nitrogens is 2. The van der Waals surface area contributed by atoms with Gasteiger partial charge in [-0.2, -0.15) is 5.10 Å². The second-order valence-electron chi connectivity index (χ2n) is 4.72. The molecule has 4 heteroatoms. The van der Waals surface area contributed by atoms with Crippen LogP contribution in [0.25, 0.3) is 0 Å². The molecule has 4 nitrogen and oxygen atoms in total. The second kappa shape index (κ2) is 5.99. The van der Waals surface area contributed by atoms with Gasteiger partial charge in [0.25, 0.3) is 0 Å². The summed E-state index contributed by atoms with van der Waals surface area (Å²) in [6.07, 6.45) is -1.31. The molecule has 1 aromatic heterocycles. The Labute approximate surface area is 113 Å². The molecule has 0 radical (unpaired) electrons. The van der Waals surface area contributed by atoms with Crippen LogP contribution in [0.2, 0.25) is 0 Å². The van der Waals surface area contributed by atoms with E-state index < -0.39 is 12.2 Å². The minimum atomic E-state index is -0.873. The third-order valence-corrected chi connectivity index (χ3v) is 3.21. The van der Waals surface area contributed by atoms with Gasteiger partial charge in [-0.25, -0.2) is 0 Å². The van der Waals surface area contributed by atoms with Crippen LogP contribution in [0.15, 0.2) is 36.4 Å². The number of benzene rings is 1. The van der Waals surface area contributed by atoms with Gasteiger partial charge in [-0.05, 0) is 25.5 Å². The summed E-state index contributed by atoms with van der Waals surface area (Å²) in [4.78, 5) is 0. The first-order chi connectivity index (χ1) is 9.11. The van der Waals surface area contributed by atoms with Crippen molar-refractivity contribution in [3.8, 4) is 0 Å². The molecule has 0 aliphatic rings. The number of aliphatic hydroxyl groups excluding tert-OH is 2. The third kappa shape index (κ3) is 3.22. The molecule has 19 heavy (non-hydrogen) atoms. The summed E-state index contributed by atoms with van der Waals surface area (Å²) in [5.41, 5.74) is 2.61. The molecule has 2 rings (SSSR count). The summed E-state index contributed by atoms with van der Waals surface area (Å²) in [5.74, 6) is 0. The van der Waals surface area contributed by atoms with Gasteiger partial charge >= 0.3 is 0 Å². The summed E-state index contributed by atoms with van der Waals surface area (Å²) >= 11 is 0. The summed E-state index contributed by atoms with van der Waals surface area (Å²) < 4.78 is 1.86. The highest BCUT2D eigenvalue weighted by molar-refractivity contribution is 5.19. The number of aryl methyl sites for hydroxylation is 2. The largest absolute Gasteiger partial charge is 0.390 e. The van der Waals surface area contributed by atoms with Gasteiger partial charge in [0.15, 0.2) is 0 Å². The molecule has 0 amide bonds. The zero-order chi connectivity index (χ0) is 13.8. The van der Waals surface area contributed by atoms with Crippen LogP contribution in [0.4, 0.5) is 0 Å². The Morgan fingerprint density at radius 2 is 1.89 bits per heavy atom. The Balaban J connectivity index is 2.10. The molecule has 1 heterocycles. The van der Waals surface area contributed by atoms with E-state index in [0.717, 1.165) is 23.5 Å². The van der Waals surface area contributed by atoms with Crippen molar-refractivity contribution in [2.24, 2.45) is 0 Å². The molecular formula is C15H20N2O2. The fraction of sp³-hybridized carbons (Fsp3) is 0.400. The molecule has 0 fully saturated rings. The Kier molecular flexibility index (Phi) is 4.35. The smallest absolute Gasteiger partial charge is 0.105 e. The first-order valence-electron chi connectivity index (χ1n) is 6.56. The van der Waals surface area contributed by atoms with Gasteiger partial charge in [-0.15, -0.1) is 0 Å². The van der Waals surface area contributed by atoms with E-state index in [1.54, 1.807) is 0 Å². The summed E-state index contributed by atoms with van der Waals surface area (Å²) in [7, 11) is 0. The Bertz CT molecular complexity index is 522. The van der Waals surface area contributed by atoms with Crippen molar-refractivity contribution in [1.29, 1.82) is 0 Å². The zero-order valence-corrected chi connectivity index (χ0v) is 11.3. The van der Waals surface area contributed by atoms with Gasteiger partial charge in [-0.1, -0.05) is 30.3 Å². The lowest BCUT2D eigenvalue weighted by molar-refractivity contribution is 0.0178. The number of nitrogens with zero attached hydrogens (tertiary/aromatic N) is 2. The minimum absolute atomic E-state index is 0.394. The third-order valence-electron chi connectivity index (χ3n) is 3.21. The molecule has 0 saturated carbocycles. The normalized spacial score (nSPS) is 14.3. The van der Waals surface area contributed by atoms with Gasteiger partial charge in [0.05, 0.1) is 11.8 Å². The van der Waals surface area contributed by atoms with Crippen LogP contribution in [-0.2, 0) is 13.0 Å². The van der Waals surface area contributed by atoms with Crippen LogP contribution in [0.1, 0.15) is 30.0 Å². The minimum Gasteiger partial charge on any atom is -0.390 e. The van der Waals surface area contributed by atoms with Crippen LogP contribution in [0, 0.1) is 6.92 Å². The number of rotatable bonds is 5. The van der Waals surface area contributed by atoms with Crippen molar-refractivity contribution in [3.63, 3.8) is 0 Å². The van der Waals surface area contributed by atoms with E-state index in [9.17, 15) is 10.2 Å². The lowest BCUT2D eigenvalue weighted by Gasteiger charge is -2.18. The quantitative estimate of drug-likeness (QED) is 0.862. The van der Waals surface area contributed by atoms with Gasteiger partial charge < -0.3 is 10.2 Å². The maximum Gasteiger partial charge on any atom is 0.105 e. The fourth-order valence-electron chi connectivity index (χ4n) is 2.24. The monoisotopic (exact) mass is 260 g/mol. The van der Waals surface area contributed by atoms with Crippen molar-refractivity contribution in [1.82, 2.24) is 9.78 Å². The summed E-state index contributed by atoms with van der Waals surface area (Å²) in [5, 5.41) is 24.6. The van der Waals surface area contributed by atoms with Crippen LogP contribution >= 0.6 is 0 Å². The maximum atomic E-state index is 10.2. The van der Waals surface area contributed by atoms with Crippen molar-refractivity contribution >= 4 is 0 Å². The Morgan fingerprint density at radius 3 is 2.53 bits per heavy atom. The van der Waals surface area contributed by atoms with E-state index in [1.807, 2.05) is 54.9 Å². The standard InChI is InChI=1S/C15H20N2O2/c1-3-17-13(9-11(2)16-17)10-14(18)15(19)12-7-5-4-6-8-12/h4-9,14-15,18-19H,3,10H2,1-2H3. The highest BCUT2D eigenvalue weighted by Crippen LogP contribution is 2.19. The van der Waals surface area contributed by atoms with Gasteiger partial charge in [0.1, 0.15) is 6.10 Å². The molecule has 0 aliphatic heterocycles. The van der Waals surface area contributed by atoms with Crippen LogP contribution in [-0.4, -0.2) is 26.1 Å². The molecule has 102 valence electrons. The fourth-order valence-corrected chi connectivity index (χ4v) is 2.24. The van der Waals surface area contributed by atoms with E-state index in [1.165, 1.54) is 0 Å².